The maximum absolute atomic E-state index is 13.3. The van der Waals surface area contributed by atoms with Crippen molar-refractivity contribution in [2.75, 3.05) is 24.3 Å². The third-order valence-electron chi connectivity index (χ3n) is 5.26. The van der Waals surface area contributed by atoms with Gasteiger partial charge in [0.1, 0.15) is 23.9 Å². The summed E-state index contributed by atoms with van der Waals surface area (Å²) in [4.78, 5) is 51.4. The van der Waals surface area contributed by atoms with Crippen molar-refractivity contribution >= 4 is 48.0 Å². The number of thiol groups is 1. The number of carbonyl (C=O) groups excluding carboxylic acids is 4. The molecule has 1 fully saturated rings. The number of phenolic OH excluding ortho intramolecular Hbond substituents is 1. The molecule has 0 bridgehead atoms. The van der Waals surface area contributed by atoms with Gasteiger partial charge in [-0.15, -0.1) is 0 Å². The molecule has 1 aromatic rings. The average Bonchev–Trinajstić information content (AvgIpc) is 3.26. The van der Waals surface area contributed by atoms with Crippen molar-refractivity contribution in [1.29, 1.82) is 0 Å². The van der Waals surface area contributed by atoms with E-state index < -0.39 is 35.8 Å². The van der Waals surface area contributed by atoms with Gasteiger partial charge in [0.15, 0.2) is 0 Å². The molecule has 0 radical (unpaired) electrons. The van der Waals surface area contributed by atoms with Gasteiger partial charge in [0.2, 0.25) is 23.6 Å². The second kappa shape index (κ2) is 12.6. The van der Waals surface area contributed by atoms with Crippen molar-refractivity contribution in [3.05, 3.63) is 29.8 Å². The van der Waals surface area contributed by atoms with Crippen LogP contribution in [0.4, 0.5) is 0 Å². The summed E-state index contributed by atoms with van der Waals surface area (Å²) >= 11 is 5.50. The number of amides is 4. The fourth-order valence-corrected chi connectivity index (χ4v) is 4.16. The second-order valence-corrected chi connectivity index (χ2v) is 8.89. The van der Waals surface area contributed by atoms with Gasteiger partial charge in [-0.3, -0.25) is 19.2 Å². The highest BCUT2D eigenvalue weighted by Crippen LogP contribution is 2.21. The largest absolute Gasteiger partial charge is 0.508 e. The number of aromatic hydroxyl groups is 1. The maximum atomic E-state index is 13.3. The van der Waals surface area contributed by atoms with Gasteiger partial charge >= 0.3 is 0 Å². The zero-order valence-electron chi connectivity index (χ0n) is 18.0. The summed E-state index contributed by atoms with van der Waals surface area (Å²) in [6, 6.07) is 3.90. The Morgan fingerprint density at radius 1 is 1.22 bits per heavy atom. The Morgan fingerprint density at radius 2 is 1.91 bits per heavy atom. The van der Waals surface area contributed by atoms with Crippen LogP contribution in [-0.2, 0) is 25.6 Å². The van der Waals surface area contributed by atoms with E-state index in [4.69, 9.17) is 5.73 Å². The summed E-state index contributed by atoms with van der Waals surface area (Å²) in [6.45, 7) is 0.367. The molecule has 0 aliphatic carbocycles. The normalized spacial score (nSPS) is 17.4. The Morgan fingerprint density at radius 3 is 2.50 bits per heavy atom. The summed E-state index contributed by atoms with van der Waals surface area (Å²) in [7, 11) is 0. The second-order valence-electron chi connectivity index (χ2n) is 7.58. The molecular formula is C21H30N4O5S2. The molecule has 0 spiro atoms. The first kappa shape index (κ1) is 25.9. The predicted molar refractivity (Wildman–Crippen MR) is 126 cm³/mol. The lowest BCUT2D eigenvalue weighted by Gasteiger charge is -2.29. The number of nitrogens with two attached hydrogens (primary N) is 1. The number of likely N-dealkylation sites (tertiary alicyclic amines) is 1. The topological polar surface area (TPSA) is 142 Å². The van der Waals surface area contributed by atoms with Crippen LogP contribution >= 0.6 is 24.4 Å². The van der Waals surface area contributed by atoms with E-state index in [1.165, 1.54) is 28.8 Å². The third-order valence-corrected chi connectivity index (χ3v) is 6.19. The van der Waals surface area contributed by atoms with Gasteiger partial charge in [0.05, 0.1) is 5.75 Å². The Hall–Kier alpha value is -2.40. The van der Waals surface area contributed by atoms with Gasteiger partial charge in [-0.2, -0.15) is 24.4 Å². The Bertz CT molecular complexity index is 821. The van der Waals surface area contributed by atoms with Crippen LogP contribution in [0.2, 0.25) is 0 Å². The van der Waals surface area contributed by atoms with E-state index in [1.807, 2.05) is 6.26 Å². The number of nitrogens with zero attached hydrogens (tertiary/aromatic N) is 1. The molecule has 4 amide bonds. The van der Waals surface area contributed by atoms with Crippen LogP contribution in [0.3, 0.4) is 0 Å². The monoisotopic (exact) mass is 482 g/mol. The SMILES string of the molecule is CSCCC(NC(=O)[C@@H]1CCCN1C(=O)C(Cc1ccc(O)cc1)NC(=O)CS)C(N)=O. The van der Waals surface area contributed by atoms with E-state index in [9.17, 15) is 24.3 Å². The van der Waals surface area contributed by atoms with E-state index in [-0.39, 0.29) is 23.8 Å². The molecule has 32 heavy (non-hydrogen) atoms. The Balaban J connectivity index is 2.15. The molecule has 2 unspecified atom stereocenters. The average molecular weight is 483 g/mol. The standard InChI is InChI=1S/C21H30N4O5S2/c1-32-10-8-15(19(22)28)24-20(29)17-3-2-9-25(17)21(30)16(23-18(27)12-31)11-13-4-6-14(26)7-5-13/h4-7,15-17,26,31H,2-3,8-12H2,1H3,(H2,22,28)(H,23,27)(H,24,29)/t15?,16?,17-/m0/s1. The van der Waals surface area contributed by atoms with Crippen LogP contribution in [0.1, 0.15) is 24.8 Å². The molecule has 176 valence electrons. The minimum absolute atomic E-state index is 0.0843. The van der Waals surface area contributed by atoms with Crippen molar-refractivity contribution < 1.29 is 24.3 Å². The quantitative estimate of drug-likeness (QED) is 0.283. The molecule has 2 rings (SSSR count). The minimum atomic E-state index is -0.893. The van der Waals surface area contributed by atoms with Gasteiger partial charge < -0.3 is 26.4 Å². The van der Waals surface area contributed by atoms with E-state index in [0.29, 0.717) is 31.6 Å². The van der Waals surface area contributed by atoms with Crippen molar-refractivity contribution in [1.82, 2.24) is 15.5 Å². The van der Waals surface area contributed by atoms with Crippen molar-refractivity contribution in [2.24, 2.45) is 5.73 Å². The zero-order chi connectivity index (χ0) is 23.7. The van der Waals surface area contributed by atoms with Crippen molar-refractivity contribution in [3.63, 3.8) is 0 Å². The first-order valence-electron chi connectivity index (χ1n) is 10.3. The fourth-order valence-electron chi connectivity index (χ4n) is 3.60. The first-order chi connectivity index (χ1) is 15.3. The molecule has 5 N–H and O–H groups in total. The van der Waals surface area contributed by atoms with Crippen LogP contribution < -0.4 is 16.4 Å². The summed E-state index contributed by atoms with van der Waals surface area (Å²) in [5, 5.41) is 14.8. The molecule has 3 atom stereocenters. The van der Waals surface area contributed by atoms with Gasteiger partial charge in [-0.05, 0) is 49.0 Å². The molecule has 1 aliphatic rings. The van der Waals surface area contributed by atoms with Crippen LogP contribution in [-0.4, -0.2) is 76.1 Å². The number of hydrogen-bond donors (Lipinski definition) is 5. The van der Waals surface area contributed by atoms with E-state index >= 15 is 0 Å². The number of phenols is 1. The van der Waals surface area contributed by atoms with Gasteiger partial charge in [-0.1, -0.05) is 12.1 Å². The lowest BCUT2D eigenvalue weighted by Crippen LogP contribution is -2.56. The number of primary amides is 1. The number of thioether (sulfide) groups is 1. The number of hydrogen-bond acceptors (Lipinski definition) is 7. The lowest BCUT2D eigenvalue weighted by atomic mass is 10.0. The van der Waals surface area contributed by atoms with Crippen LogP contribution in [0, 0.1) is 0 Å². The summed E-state index contributed by atoms with van der Waals surface area (Å²) < 4.78 is 0. The third kappa shape index (κ3) is 7.33. The van der Waals surface area contributed by atoms with E-state index in [1.54, 1.807) is 12.1 Å². The fraction of sp³-hybridized carbons (Fsp3) is 0.524. The molecule has 9 nitrogen and oxygen atoms in total. The number of benzene rings is 1. The van der Waals surface area contributed by atoms with Crippen LogP contribution in [0.5, 0.6) is 5.75 Å². The lowest BCUT2D eigenvalue weighted by molar-refractivity contribution is -0.141. The smallest absolute Gasteiger partial charge is 0.246 e. The summed E-state index contributed by atoms with van der Waals surface area (Å²) in [5.41, 5.74) is 6.16. The van der Waals surface area contributed by atoms with Crippen LogP contribution in [0.15, 0.2) is 24.3 Å². The highest BCUT2D eigenvalue weighted by Gasteiger charge is 2.38. The zero-order valence-corrected chi connectivity index (χ0v) is 19.7. The Labute approximate surface area is 197 Å². The number of carbonyl (C=O) groups is 4. The highest BCUT2D eigenvalue weighted by molar-refractivity contribution is 7.98. The molecule has 0 saturated carbocycles. The summed E-state index contributed by atoms with van der Waals surface area (Å²) in [5.74, 6) is -1.16. The van der Waals surface area contributed by atoms with Crippen LogP contribution in [0.25, 0.3) is 0 Å². The van der Waals surface area contributed by atoms with Gasteiger partial charge in [0, 0.05) is 13.0 Å². The molecule has 1 heterocycles. The van der Waals surface area contributed by atoms with E-state index in [0.717, 1.165) is 5.56 Å². The van der Waals surface area contributed by atoms with Crippen molar-refractivity contribution in [2.45, 2.75) is 43.8 Å². The molecular weight excluding hydrogens is 452 g/mol. The first-order valence-corrected chi connectivity index (χ1v) is 12.4. The van der Waals surface area contributed by atoms with Crippen molar-refractivity contribution in [3.8, 4) is 5.75 Å². The van der Waals surface area contributed by atoms with Gasteiger partial charge in [0.25, 0.3) is 0 Å². The number of rotatable bonds is 11. The molecule has 11 heteroatoms. The Kier molecular flexibility index (Phi) is 10.2. The predicted octanol–water partition coefficient (Wildman–Crippen LogP) is 0.0635. The molecule has 1 aliphatic heterocycles. The van der Waals surface area contributed by atoms with Gasteiger partial charge in [-0.25, -0.2) is 0 Å². The summed E-state index contributed by atoms with van der Waals surface area (Å²) in [6.07, 6.45) is 3.58. The minimum Gasteiger partial charge on any atom is -0.508 e. The highest BCUT2D eigenvalue weighted by atomic mass is 32.2. The molecule has 0 aromatic heterocycles. The van der Waals surface area contributed by atoms with E-state index in [2.05, 4.69) is 23.3 Å². The number of nitrogens with one attached hydrogen (secondary N) is 2. The molecule has 1 aromatic carbocycles. The maximum Gasteiger partial charge on any atom is 0.246 e. The molecule has 1 saturated heterocycles.